The number of nitrogens with zero attached hydrogens (tertiary/aromatic N) is 3. The van der Waals surface area contributed by atoms with Gasteiger partial charge in [0.05, 0.1) is 0 Å². The van der Waals surface area contributed by atoms with Crippen molar-refractivity contribution in [3.63, 3.8) is 0 Å². The van der Waals surface area contributed by atoms with Crippen molar-refractivity contribution < 1.29 is 26.2 Å². The Morgan fingerprint density at radius 1 is 0.800 bits per heavy atom. The van der Waals surface area contributed by atoms with Gasteiger partial charge in [0.25, 0.3) is 0 Å². The standard InChI is InChI=1S/C17H37N2Si2.C2H6N.Zr/c1-12-13(2)16(21(10,11)19-17(4,5)6)14(3)15(12)20(8,9)18-7;1-3-2;/h12-13,15-16H,1-11H3;1-2H3;/q-3;-1;+4. The SMILES string of the molecule is C[N-]C.C[N-][Si](C)(C)C1[C-](C)C([Si](C)(C)[N-]C(C)(C)C)C(C)C1C.[Zr+4]. The second kappa shape index (κ2) is 10.7. The molecule has 0 amide bonds. The summed E-state index contributed by atoms with van der Waals surface area (Å²) in [6.07, 6.45) is 0. The van der Waals surface area contributed by atoms with Gasteiger partial charge in [0, 0.05) is 0 Å². The van der Waals surface area contributed by atoms with Crippen LogP contribution in [0, 0.1) is 17.8 Å². The van der Waals surface area contributed by atoms with E-state index >= 15 is 0 Å². The molecule has 0 aromatic heterocycles. The van der Waals surface area contributed by atoms with Gasteiger partial charge < -0.3 is 21.2 Å². The van der Waals surface area contributed by atoms with Gasteiger partial charge in [0.2, 0.25) is 0 Å². The summed E-state index contributed by atoms with van der Waals surface area (Å²) in [5.41, 5.74) is 1.52. The van der Waals surface area contributed by atoms with Crippen LogP contribution in [-0.4, -0.2) is 43.2 Å². The van der Waals surface area contributed by atoms with E-state index in [1.165, 1.54) is 0 Å². The van der Waals surface area contributed by atoms with Crippen LogP contribution in [-0.2, 0) is 26.2 Å². The largest absolute Gasteiger partial charge is 4.00 e. The average Bonchev–Trinajstić information content (AvgIpc) is 2.59. The molecule has 146 valence electrons. The first-order chi connectivity index (χ1) is 10.7. The molecule has 0 aromatic carbocycles. The minimum atomic E-state index is -1.64. The fourth-order valence-electron chi connectivity index (χ4n) is 5.10. The molecule has 0 radical (unpaired) electrons. The molecule has 1 saturated carbocycles. The summed E-state index contributed by atoms with van der Waals surface area (Å²) in [6, 6.07) is 0. The third-order valence-electron chi connectivity index (χ3n) is 5.58. The average molecular weight is 461 g/mol. The van der Waals surface area contributed by atoms with Crippen LogP contribution in [0.4, 0.5) is 0 Å². The monoisotopic (exact) mass is 459 g/mol. The molecule has 1 aliphatic carbocycles. The van der Waals surface area contributed by atoms with Crippen molar-refractivity contribution in [2.75, 3.05) is 21.1 Å². The Morgan fingerprint density at radius 3 is 1.40 bits per heavy atom. The van der Waals surface area contributed by atoms with Gasteiger partial charge in [-0.25, -0.2) is 0 Å². The van der Waals surface area contributed by atoms with Crippen molar-refractivity contribution in [2.45, 2.75) is 84.4 Å². The quantitative estimate of drug-likeness (QED) is 0.326. The van der Waals surface area contributed by atoms with Crippen LogP contribution in [0.1, 0.15) is 41.5 Å². The van der Waals surface area contributed by atoms with Gasteiger partial charge in [-0.05, 0) is 0 Å². The Kier molecular flexibility index (Phi) is 12.1. The zero-order chi connectivity index (χ0) is 19.5. The first kappa shape index (κ1) is 28.4. The maximum atomic E-state index is 5.30. The number of hydrogen-bond donors (Lipinski definition) is 0. The van der Waals surface area contributed by atoms with Crippen LogP contribution in [0.3, 0.4) is 0 Å². The van der Waals surface area contributed by atoms with E-state index in [-0.39, 0.29) is 31.7 Å². The summed E-state index contributed by atoms with van der Waals surface area (Å²) in [7, 11) is 2.37. The van der Waals surface area contributed by atoms with E-state index in [9.17, 15) is 0 Å². The molecule has 4 unspecified atom stereocenters. The zero-order valence-electron chi connectivity index (χ0n) is 19.2. The molecule has 25 heavy (non-hydrogen) atoms. The number of rotatable bonds is 4. The normalized spacial score (nSPS) is 28.2. The predicted octanol–water partition coefficient (Wildman–Crippen LogP) is 6.81. The van der Waals surface area contributed by atoms with Crippen LogP contribution >= 0.6 is 0 Å². The molecule has 0 saturated heterocycles. The van der Waals surface area contributed by atoms with Crippen molar-refractivity contribution in [1.29, 1.82) is 0 Å². The molecule has 0 aliphatic heterocycles. The zero-order valence-corrected chi connectivity index (χ0v) is 23.6. The Morgan fingerprint density at radius 2 is 1.12 bits per heavy atom. The molecule has 0 N–H and O–H groups in total. The molecule has 3 nitrogen and oxygen atoms in total. The van der Waals surface area contributed by atoms with E-state index in [4.69, 9.17) is 9.96 Å². The van der Waals surface area contributed by atoms with E-state index in [0.717, 1.165) is 17.4 Å². The van der Waals surface area contributed by atoms with Gasteiger partial charge in [0.1, 0.15) is 0 Å². The fourth-order valence-corrected chi connectivity index (χ4v) is 13.2. The summed E-state index contributed by atoms with van der Waals surface area (Å²) >= 11 is 0. The van der Waals surface area contributed by atoms with Crippen LogP contribution in [0.2, 0.25) is 37.3 Å². The molecule has 0 bridgehead atoms. The first-order valence-corrected chi connectivity index (χ1v) is 15.4. The molecule has 1 rings (SSSR count). The van der Waals surface area contributed by atoms with Crippen LogP contribution in [0.15, 0.2) is 0 Å². The van der Waals surface area contributed by atoms with E-state index in [1.54, 1.807) is 20.0 Å². The summed E-state index contributed by atoms with van der Waals surface area (Å²) in [5.74, 6) is 3.22. The molecule has 1 fully saturated rings. The van der Waals surface area contributed by atoms with Gasteiger partial charge in [-0.1, -0.05) is 89.1 Å². The maximum Gasteiger partial charge on any atom is 4.00 e. The molecule has 0 heterocycles. The minimum absolute atomic E-state index is 0. The third-order valence-corrected chi connectivity index (χ3v) is 13.0. The third kappa shape index (κ3) is 7.61. The van der Waals surface area contributed by atoms with Crippen molar-refractivity contribution in [1.82, 2.24) is 0 Å². The molecule has 1 aliphatic rings. The van der Waals surface area contributed by atoms with E-state index in [2.05, 4.69) is 73.0 Å². The second-order valence-electron chi connectivity index (χ2n) is 9.68. The Bertz CT molecular complexity index is 383. The fraction of sp³-hybridized carbons (Fsp3) is 0.947. The van der Waals surface area contributed by atoms with Gasteiger partial charge in [-0.15, -0.1) is 5.54 Å². The molecular formula is C19H43N3Si2Zr. The summed E-state index contributed by atoms with van der Waals surface area (Å²) in [4.78, 5) is 10.1. The van der Waals surface area contributed by atoms with Crippen molar-refractivity contribution in [3.05, 3.63) is 21.2 Å². The van der Waals surface area contributed by atoms with E-state index in [1.807, 2.05) is 7.05 Å². The van der Waals surface area contributed by atoms with Gasteiger partial charge >= 0.3 is 26.2 Å². The Labute approximate surface area is 180 Å². The molecular weight excluding hydrogens is 418 g/mol. The molecule has 0 aromatic rings. The maximum absolute atomic E-state index is 5.30. The summed E-state index contributed by atoms with van der Waals surface area (Å²) in [5, 5.41) is 3.50. The van der Waals surface area contributed by atoms with Crippen molar-refractivity contribution in [3.8, 4) is 0 Å². The van der Waals surface area contributed by atoms with Crippen LogP contribution < -0.4 is 0 Å². The van der Waals surface area contributed by atoms with Crippen molar-refractivity contribution in [2.24, 2.45) is 11.8 Å². The van der Waals surface area contributed by atoms with Crippen LogP contribution in [0.25, 0.3) is 15.3 Å². The minimum Gasteiger partial charge on any atom is -0.669 e. The predicted molar refractivity (Wildman–Crippen MR) is 117 cm³/mol. The van der Waals surface area contributed by atoms with Gasteiger partial charge in [-0.2, -0.15) is 39.1 Å². The Balaban J connectivity index is 0. The molecule has 0 spiro atoms. The van der Waals surface area contributed by atoms with Crippen molar-refractivity contribution >= 4 is 16.5 Å². The van der Waals surface area contributed by atoms with Gasteiger partial charge in [-0.3, -0.25) is 0 Å². The van der Waals surface area contributed by atoms with Crippen LogP contribution in [0.5, 0.6) is 0 Å². The Hall–Kier alpha value is 1.20. The second-order valence-corrected chi connectivity index (χ2v) is 18.2. The number of hydrogen-bond acceptors (Lipinski definition) is 0. The van der Waals surface area contributed by atoms with Gasteiger partial charge in [0.15, 0.2) is 0 Å². The molecule has 6 heteroatoms. The summed E-state index contributed by atoms with van der Waals surface area (Å²) in [6.45, 7) is 23.9. The van der Waals surface area contributed by atoms with E-state index < -0.39 is 16.5 Å². The smallest absolute Gasteiger partial charge is 0.669 e. The van der Waals surface area contributed by atoms with E-state index in [0.29, 0.717) is 5.54 Å². The first-order valence-electron chi connectivity index (χ1n) is 9.32. The topological polar surface area (TPSA) is 42.3 Å². The molecule has 4 atom stereocenters. The summed E-state index contributed by atoms with van der Waals surface area (Å²) < 4.78 is 0.